The summed E-state index contributed by atoms with van der Waals surface area (Å²) in [6, 6.07) is 3.55. The summed E-state index contributed by atoms with van der Waals surface area (Å²) >= 11 is 5.65. The summed E-state index contributed by atoms with van der Waals surface area (Å²) in [4.78, 5) is 6.92. The highest BCUT2D eigenvalue weighted by Crippen LogP contribution is 2.24. The lowest BCUT2D eigenvalue weighted by Crippen LogP contribution is -1.97. The van der Waals surface area contributed by atoms with Crippen LogP contribution in [0.5, 0.6) is 0 Å². The second-order valence-corrected chi connectivity index (χ2v) is 3.19. The van der Waals surface area contributed by atoms with E-state index in [4.69, 9.17) is 11.6 Å². The first-order valence-electron chi connectivity index (χ1n) is 3.99. The van der Waals surface area contributed by atoms with Crippen LogP contribution in [-0.4, -0.2) is 9.97 Å². The summed E-state index contributed by atoms with van der Waals surface area (Å²) in [7, 11) is 0. The van der Waals surface area contributed by atoms with Gasteiger partial charge >= 0.3 is 0 Å². The molecule has 0 atom stereocenters. The molecule has 0 bridgehead atoms. The highest BCUT2D eigenvalue weighted by Gasteiger charge is 2.14. The van der Waals surface area contributed by atoms with Gasteiger partial charge in [0, 0.05) is 11.5 Å². The number of nitrogens with zero attached hydrogens (tertiary/aromatic N) is 2. The average molecular weight is 233 g/mol. The first-order valence-corrected chi connectivity index (χ1v) is 4.36. The number of hydrogen-bond acceptors (Lipinski definition) is 2. The van der Waals surface area contributed by atoms with Crippen molar-refractivity contribution in [3.05, 3.63) is 35.0 Å². The molecule has 6 heteroatoms. The maximum Gasteiger partial charge on any atom is 0.297 e. The van der Waals surface area contributed by atoms with E-state index in [1.807, 2.05) is 0 Å². The van der Waals surface area contributed by atoms with Crippen LogP contribution in [0, 0.1) is 5.82 Å². The lowest BCUT2D eigenvalue weighted by Gasteiger charge is -2.03. The molecule has 1 aromatic carbocycles. The van der Waals surface area contributed by atoms with Gasteiger partial charge in [0.2, 0.25) is 0 Å². The molecule has 1 heterocycles. The molecule has 2 rings (SSSR count). The first kappa shape index (κ1) is 10.2. The van der Waals surface area contributed by atoms with Gasteiger partial charge in [0.25, 0.3) is 6.43 Å². The summed E-state index contributed by atoms with van der Waals surface area (Å²) in [5, 5.41) is 0.248. The smallest absolute Gasteiger partial charge is 0.227 e. The van der Waals surface area contributed by atoms with Crippen LogP contribution in [0.4, 0.5) is 13.2 Å². The van der Waals surface area contributed by atoms with Gasteiger partial charge in [-0.1, -0.05) is 11.6 Å². The van der Waals surface area contributed by atoms with Gasteiger partial charge < -0.3 is 0 Å². The predicted molar refractivity (Wildman–Crippen MR) is 49.5 cm³/mol. The standard InChI is InChI=1S/C9H4ClF3N2/c10-7-5-2-1-4(11)3-6(5)14-9(15-7)8(12)13/h1-3,8H. The zero-order valence-electron chi connectivity index (χ0n) is 7.22. The fourth-order valence-electron chi connectivity index (χ4n) is 1.18. The predicted octanol–water partition coefficient (Wildman–Crippen LogP) is 3.36. The Bertz CT molecular complexity index is 516. The van der Waals surface area contributed by atoms with E-state index in [9.17, 15) is 13.2 Å². The Kier molecular flexibility index (Phi) is 2.48. The van der Waals surface area contributed by atoms with Crippen molar-refractivity contribution in [2.75, 3.05) is 0 Å². The Morgan fingerprint density at radius 3 is 2.60 bits per heavy atom. The molecule has 0 saturated heterocycles. The topological polar surface area (TPSA) is 25.8 Å². The molecule has 0 radical (unpaired) electrons. The Balaban J connectivity index is 2.74. The van der Waals surface area contributed by atoms with E-state index in [0.29, 0.717) is 5.39 Å². The minimum Gasteiger partial charge on any atom is -0.227 e. The van der Waals surface area contributed by atoms with Crippen LogP contribution in [0.25, 0.3) is 10.9 Å². The van der Waals surface area contributed by atoms with Gasteiger partial charge in [-0.05, 0) is 12.1 Å². The highest BCUT2D eigenvalue weighted by atomic mass is 35.5. The third-order valence-corrected chi connectivity index (χ3v) is 2.11. The fourth-order valence-corrected chi connectivity index (χ4v) is 1.42. The summed E-state index contributed by atoms with van der Waals surface area (Å²) in [6.07, 6.45) is -2.82. The fraction of sp³-hybridized carbons (Fsp3) is 0.111. The quantitative estimate of drug-likeness (QED) is 0.705. The molecular formula is C9H4ClF3N2. The molecule has 1 aromatic heterocycles. The molecule has 78 valence electrons. The second-order valence-electron chi connectivity index (χ2n) is 2.83. The average Bonchev–Trinajstić information content (AvgIpc) is 2.16. The molecular weight excluding hydrogens is 229 g/mol. The largest absolute Gasteiger partial charge is 0.297 e. The molecule has 0 saturated carbocycles. The lowest BCUT2D eigenvalue weighted by atomic mass is 10.2. The number of rotatable bonds is 1. The second kappa shape index (κ2) is 3.66. The van der Waals surface area contributed by atoms with Crippen molar-refractivity contribution in [1.82, 2.24) is 9.97 Å². The number of halogens is 4. The van der Waals surface area contributed by atoms with E-state index in [1.54, 1.807) is 0 Å². The van der Waals surface area contributed by atoms with Crippen molar-refractivity contribution in [2.24, 2.45) is 0 Å². The third kappa shape index (κ3) is 1.87. The number of aromatic nitrogens is 2. The number of alkyl halides is 2. The lowest BCUT2D eigenvalue weighted by molar-refractivity contribution is 0.141. The number of hydrogen-bond donors (Lipinski definition) is 0. The molecule has 0 aliphatic heterocycles. The molecule has 0 aliphatic rings. The van der Waals surface area contributed by atoms with Crippen LogP contribution in [0.3, 0.4) is 0 Å². The van der Waals surface area contributed by atoms with Gasteiger partial charge in [0.15, 0.2) is 5.82 Å². The van der Waals surface area contributed by atoms with Crippen LogP contribution >= 0.6 is 11.6 Å². The van der Waals surface area contributed by atoms with Gasteiger partial charge in [0.05, 0.1) is 5.52 Å². The molecule has 0 aliphatic carbocycles. The van der Waals surface area contributed by atoms with Crippen LogP contribution in [0.15, 0.2) is 18.2 Å². The third-order valence-electron chi connectivity index (χ3n) is 1.82. The molecule has 0 amide bonds. The van der Waals surface area contributed by atoms with Crippen LogP contribution in [0.1, 0.15) is 12.2 Å². The number of fused-ring (bicyclic) bond motifs is 1. The van der Waals surface area contributed by atoms with Gasteiger partial charge in [-0.15, -0.1) is 0 Å². The Morgan fingerprint density at radius 1 is 1.20 bits per heavy atom. The summed E-state index contributed by atoms with van der Waals surface area (Å²) in [5.41, 5.74) is 0.0744. The van der Waals surface area contributed by atoms with E-state index >= 15 is 0 Å². The van der Waals surface area contributed by atoms with Crippen molar-refractivity contribution in [3.63, 3.8) is 0 Å². The van der Waals surface area contributed by atoms with Crippen molar-refractivity contribution >= 4 is 22.5 Å². The molecule has 0 unspecified atom stereocenters. The minimum absolute atomic E-state index is 0.0744. The van der Waals surface area contributed by atoms with Gasteiger partial charge in [-0.25, -0.2) is 23.1 Å². The van der Waals surface area contributed by atoms with E-state index in [0.717, 1.165) is 6.07 Å². The maximum absolute atomic E-state index is 12.8. The van der Waals surface area contributed by atoms with E-state index in [2.05, 4.69) is 9.97 Å². The molecule has 0 fully saturated rings. The first-order chi connectivity index (χ1) is 7.08. The summed E-state index contributed by atoms with van der Waals surface area (Å²) < 4.78 is 37.4. The monoisotopic (exact) mass is 232 g/mol. The van der Waals surface area contributed by atoms with Crippen molar-refractivity contribution in [2.45, 2.75) is 6.43 Å². The van der Waals surface area contributed by atoms with Gasteiger partial charge in [-0.2, -0.15) is 0 Å². The maximum atomic E-state index is 12.8. The zero-order chi connectivity index (χ0) is 11.0. The van der Waals surface area contributed by atoms with E-state index in [-0.39, 0.29) is 10.7 Å². The SMILES string of the molecule is Fc1ccc2c(Cl)nc(C(F)F)nc2c1. The molecule has 2 aromatic rings. The van der Waals surface area contributed by atoms with Crippen molar-refractivity contribution in [3.8, 4) is 0 Å². The normalized spacial score (nSPS) is 11.3. The van der Waals surface area contributed by atoms with Crippen LogP contribution in [-0.2, 0) is 0 Å². The Morgan fingerprint density at radius 2 is 1.93 bits per heavy atom. The summed E-state index contributed by atoms with van der Waals surface area (Å²) in [6.45, 7) is 0. The minimum atomic E-state index is -2.82. The summed E-state index contributed by atoms with van der Waals surface area (Å²) in [5.74, 6) is -1.25. The Labute approximate surface area is 87.7 Å². The van der Waals surface area contributed by atoms with E-state index < -0.39 is 18.1 Å². The molecule has 15 heavy (non-hydrogen) atoms. The number of benzene rings is 1. The van der Waals surface area contributed by atoms with Gasteiger partial charge in [-0.3, -0.25) is 0 Å². The van der Waals surface area contributed by atoms with Crippen molar-refractivity contribution < 1.29 is 13.2 Å². The molecule has 0 spiro atoms. The van der Waals surface area contributed by atoms with Crippen LogP contribution < -0.4 is 0 Å². The van der Waals surface area contributed by atoms with E-state index in [1.165, 1.54) is 12.1 Å². The van der Waals surface area contributed by atoms with Gasteiger partial charge in [0.1, 0.15) is 11.0 Å². The Hall–Kier alpha value is -1.36. The highest BCUT2D eigenvalue weighted by molar-refractivity contribution is 6.34. The molecule has 0 N–H and O–H groups in total. The zero-order valence-corrected chi connectivity index (χ0v) is 7.97. The van der Waals surface area contributed by atoms with Crippen LogP contribution in [0.2, 0.25) is 5.15 Å². The van der Waals surface area contributed by atoms with Crippen molar-refractivity contribution in [1.29, 1.82) is 0 Å². The molecule has 2 nitrogen and oxygen atoms in total.